The summed E-state index contributed by atoms with van der Waals surface area (Å²) in [6, 6.07) is 0.839. The summed E-state index contributed by atoms with van der Waals surface area (Å²) < 4.78 is 86.2. The molecule has 0 aromatic carbocycles. The van der Waals surface area contributed by atoms with Crippen LogP contribution in [0.3, 0.4) is 0 Å². The third-order valence-corrected chi connectivity index (χ3v) is 18.9. The van der Waals surface area contributed by atoms with Crippen molar-refractivity contribution >= 4 is 73.7 Å². The largest absolute Gasteiger partial charge is 0.394 e. The van der Waals surface area contributed by atoms with Gasteiger partial charge in [-0.1, -0.05) is 0 Å². The van der Waals surface area contributed by atoms with Crippen molar-refractivity contribution in [3.63, 3.8) is 0 Å². The summed E-state index contributed by atoms with van der Waals surface area (Å²) in [6.45, 7) is 0.479. The van der Waals surface area contributed by atoms with Crippen LogP contribution in [0.2, 0.25) is 0 Å². The maximum absolute atomic E-state index is 14.7. The zero-order valence-electron chi connectivity index (χ0n) is 42.4. The lowest BCUT2D eigenvalue weighted by molar-refractivity contribution is -0.0786. The number of fused-ring (bicyclic) bond motifs is 3. The molecule has 4 saturated heterocycles. The quantitative estimate of drug-likeness (QED) is 0.0377. The molecule has 4 fully saturated rings. The number of nitrogen functional groups attached to an aromatic ring is 3. The highest BCUT2D eigenvalue weighted by Crippen LogP contribution is 2.60. The molecule has 4 aliphatic rings. The topological polar surface area (TPSA) is 622 Å². The first-order valence-electron chi connectivity index (χ1n) is 24.5. The summed E-state index contributed by atoms with van der Waals surface area (Å²) in [5.74, 6) is -9.29. The number of H-pyrrole nitrogens is 1. The molecule has 11 heterocycles. The Morgan fingerprint density at radius 3 is 1.45 bits per heavy atom. The normalized spacial score (nSPS) is 33.3. The Labute approximate surface area is 464 Å². The number of anilines is 3. The predicted molar refractivity (Wildman–Crippen MR) is 270 cm³/mol. The second-order valence-electron chi connectivity index (χ2n) is 19.5. The SMILES string of the molecule is Cc1nc2c(N)ncnc2n1[C@@H]1O[C@H](C(O)P(=O)(O)O[C@@H]2[C@H](O)[C@@H](C(O)P(=O)(O)O[C@@H]3[C@H](O)[C@@H](C(O)P(=O)(O)O[C@@H]4[C@H](O)[C@@H](CO)O[C@H]4n4ccc(=O)[nH]c4=O)O[C@H]3n3cnc4c(N)ncnc43)O[C@H]2n2cnc3c(N)ncnc32)[C@@H](O)[C@H]1O. The van der Waals surface area contributed by atoms with Gasteiger partial charge in [-0.3, -0.25) is 55.3 Å². The Kier molecular flexibility index (Phi) is 15.5. The van der Waals surface area contributed by atoms with Crippen LogP contribution in [0.4, 0.5) is 17.5 Å². The first-order valence-corrected chi connectivity index (χ1v) is 29.4. The summed E-state index contributed by atoms with van der Waals surface area (Å²) in [4.78, 5) is 97.4. The zero-order valence-corrected chi connectivity index (χ0v) is 45.1. The van der Waals surface area contributed by atoms with E-state index in [2.05, 4.69) is 44.9 Å². The van der Waals surface area contributed by atoms with E-state index in [0.717, 1.165) is 57.6 Å². The fourth-order valence-electron chi connectivity index (χ4n) is 10.2. The van der Waals surface area contributed by atoms with Gasteiger partial charge in [0.15, 0.2) is 82.4 Å². The van der Waals surface area contributed by atoms with Gasteiger partial charge in [-0.05, 0) is 6.92 Å². The molecule has 0 radical (unpaired) electrons. The number of ether oxygens (including phenoxy) is 4. The van der Waals surface area contributed by atoms with Gasteiger partial charge in [0.2, 0.25) is 0 Å². The van der Waals surface area contributed by atoms with Crippen molar-refractivity contribution in [3.8, 4) is 0 Å². The minimum Gasteiger partial charge on any atom is -0.394 e. The molecule has 0 spiro atoms. The van der Waals surface area contributed by atoms with Crippen molar-refractivity contribution in [1.82, 2.24) is 68.1 Å². The number of hydrogen-bond donors (Lipinski definition) is 16. The second-order valence-corrected chi connectivity index (χ2v) is 25.1. The Morgan fingerprint density at radius 1 is 0.571 bits per heavy atom. The van der Waals surface area contributed by atoms with E-state index in [1.54, 1.807) is 0 Å². The first-order chi connectivity index (χ1) is 39.6. The monoisotopic (exact) mass is 1250 g/mol. The lowest BCUT2D eigenvalue weighted by Gasteiger charge is -2.30. The average molecular weight is 1250 g/mol. The van der Waals surface area contributed by atoms with E-state index in [-0.39, 0.29) is 56.8 Å². The number of aromatic nitrogens is 14. The van der Waals surface area contributed by atoms with Crippen LogP contribution in [0, 0.1) is 6.92 Å². The maximum Gasteiger partial charge on any atom is 0.359 e. The van der Waals surface area contributed by atoms with Crippen molar-refractivity contribution in [2.75, 3.05) is 23.8 Å². The van der Waals surface area contributed by atoms with Gasteiger partial charge >= 0.3 is 28.5 Å². The Morgan fingerprint density at radius 2 is 0.988 bits per heavy atom. The molecule has 7 aromatic rings. The molecule has 6 unspecified atom stereocenters. The second kappa shape index (κ2) is 21.9. The van der Waals surface area contributed by atoms with Gasteiger partial charge in [0.1, 0.15) is 109 Å². The first kappa shape index (κ1) is 59.4. The summed E-state index contributed by atoms with van der Waals surface area (Å²) >= 11 is 0. The fraction of sp³-hybridized carbons (Fsp3) is 0.525. The molecule has 454 valence electrons. The van der Waals surface area contributed by atoms with Crippen LogP contribution in [0.25, 0.3) is 33.5 Å². The minimum absolute atomic E-state index is 0.0100. The highest BCUT2D eigenvalue weighted by atomic mass is 31.2. The Hall–Kier alpha value is -6.34. The van der Waals surface area contributed by atoms with Crippen LogP contribution >= 0.6 is 22.8 Å². The predicted octanol–water partition coefficient (Wildman–Crippen LogP) is -6.84. The van der Waals surface area contributed by atoms with Crippen molar-refractivity contribution in [2.45, 2.75) is 123 Å². The standard InChI is InChI=1S/C40H50N17O24P3/c1-10-52-15-29(43)46-7-49-32(15)57(10)33-18(62)17(61)24(76-33)37(65)82(69,70)80-22-19(63)26(78-35(22)55-8-50-13-27(41)44-5-47-30(13)55)39(67)84(73,74)81-23-20(64)25(77-36(23)56-9-51-14-28(42)45-6-48-31(14)56)38(66)83(71,72)79-21-16(60)11(4-58)75-34(21)54-3-2-12(59)53-40(54)68/h2-3,5-9,11,16-26,33-39,58,60-67H,4H2,1H3,(H,69,70)(H,71,72)(H,73,74)(H2,41,44,47)(H2,42,45,48)(H2,43,46,49)(H,53,59,68)/t11-,16-,17+,18-,19+,20+,21-,22-,23-,24+,25+,26+,33-,34-,35-,36-,37?,38?,39?/m1/s1. The molecule has 4 aliphatic heterocycles. The number of aryl methyl sites for hydroxylation is 1. The van der Waals surface area contributed by atoms with E-state index < -0.39 is 156 Å². The summed E-state index contributed by atoms with van der Waals surface area (Å²) in [6.07, 6.45) is -29.0. The van der Waals surface area contributed by atoms with Gasteiger partial charge in [0.25, 0.3) is 5.56 Å². The van der Waals surface area contributed by atoms with Gasteiger partial charge < -0.3 is 96.8 Å². The molecule has 0 saturated carbocycles. The number of hydrogen-bond acceptors (Lipinski definition) is 33. The third-order valence-electron chi connectivity index (χ3n) is 14.4. The van der Waals surface area contributed by atoms with E-state index in [9.17, 15) is 83.9 Å². The molecule has 44 heteroatoms. The van der Waals surface area contributed by atoms with Gasteiger partial charge in [-0.15, -0.1) is 0 Å². The van der Waals surface area contributed by atoms with E-state index in [0.29, 0.717) is 4.57 Å². The fourth-order valence-corrected chi connectivity index (χ4v) is 14.2. The zero-order chi connectivity index (χ0) is 60.4. The number of nitrogens with one attached hydrogen (secondary N) is 1. The summed E-state index contributed by atoms with van der Waals surface area (Å²) in [7, 11) is -17.7. The van der Waals surface area contributed by atoms with Crippen molar-refractivity contribution in [1.29, 1.82) is 0 Å². The number of nitrogens with zero attached hydrogens (tertiary/aromatic N) is 13. The van der Waals surface area contributed by atoms with Crippen LogP contribution in [0.5, 0.6) is 0 Å². The van der Waals surface area contributed by atoms with Crippen molar-refractivity contribution < 1.29 is 107 Å². The van der Waals surface area contributed by atoms with Crippen LogP contribution in [-0.4, -0.2) is 226 Å². The van der Waals surface area contributed by atoms with E-state index >= 15 is 0 Å². The Balaban J connectivity index is 0.888. The van der Waals surface area contributed by atoms with Crippen LogP contribution < -0.4 is 28.5 Å². The van der Waals surface area contributed by atoms with Crippen LogP contribution in [-0.2, 0) is 46.2 Å². The molecule has 0 aliphatic carbocycles. The number of nitrogens with two attached hydrogens (primary N) is 3. The number of imidazole rings is 3. The van der Waals surface area contributed by atoms with Crippen molar-refractivity contribution in [2.24, 2.45) is 0 Å². The molecular weight excluding hydrogens is 1200 g/mol. The van der Waals surface area contributed by atoms with E-state index in [4.69, 9.17) is 49.7 Å². The highest BCUT2D eigenvalue weighted by Gasteiger charge is 2.62. The van der Waals surface area contributed by atoms with E-state index in [1.807, 2.05) is 4.98 Å². The molecule has 22 atom stereocenters. The molecule has 84 heavy (non-hydrogen) atoms. The Bertz CT molecular complexity index is 3930. The highest BCUT2D eigenvalue weighted by molar-refractivity contribution is 7.54. The lowest BCUT2D eigenvalue weighted by Crippen LogP contribution is -2.44. The summed E-state index contributed by atoms with van der Waals surface area (Å²) in [5, 5.41) is 102. The molecule has 7 aromatic heterocycles. The maximum atomic E-state index is 14.7. The summed E-state index contributed by atoms with van der Waals surface area (Å²) in [5.41, 5.74) is 15.1. The smallest absolute Gasteiger partial charge is 0.359 e. The lowest BCUT2D eigenvalue weighted by atomic mass is 10.1. The average Bonchev–Trinajstić information content (AvgIpc) is 3.96. The molecule has 0 bridgehead atoms. The van der Waals surface area contributed by atoms with Gasteiger partial charge in [0.05, 0.1) is 19.3 Å². The third kappa shape index (κ3) is 9.97. The number of rotatable bonds is 17. The molecular formula is C40H50N17O24P3. The number of aromatic amines is 1. The van der Waals surface area contributed by atoms with E-state index in [1.165, 1.54) is 6.92 Å². The number of aliphatic hydroxyl groups excluding tert-OH is 9. The molecule has 41 nitrogen and oxygen atoms in total. The van der Waals surface area contributed by atoms with Crippen LogP contribution in [0.15, 0.2) is 53.5 Å². The van der Waals surface area contributed by atoms with Crippen LogP contribution in [0.1, 0.15) is 30.7 Å². The van der Waals surface area contributed by atoms with Gasteiger partial charge in [-0.25, -0.2) is 49.7 Å². The molecule has 11 rings (SSSR count). The number of aliphatic hydroxyl groups is 9. The van der Waals surface area contributed by atoms with Crippen molar-refractivity contribution in [3.05, 3.63) is 70.6 Å². The van der Waals surface area contributed by atoms with Gasteiger partial charge in [0, 0.05) is 12.3 Å². The molecule has 19 N–H and O–H groups in total. The van der Waals surface area contributed by atoms with Gasteiger partial charge in [-0.2, -0.15) is 0 Å². The minimum atomic E-state index is -6.05. The molecule has 0 amide bonds.